The lowest BCUT2D eigenvalue weighted by molar-refractivity contribution is 0.0957. The topological polar surface area (TPSA) is 78.4 Å². The Balaban J connectivity index is 1.39. The summed E-state index contributed by atoms with van der Waals surface area (Å²) in [5.41, 5.74) is 1.42. The molecule has 1 fully saturated rings. The van der Waals surface area contributed by atoms with Crippen LogP contribution in [0.15, 0.2) is 36.8 Å². The van der Waals surface area contributed by atoms with Crippen molar-refractivity contribution < 1.29 is 8.78 Å². The molecular formula is C22H21ClF2N8. The molecule has 0 unspecified atom stereocenters. The SMILES string of the molecule is Cn1nccc1Nc1cc(-c2cc3n(c2)CCCn2c-3nnc2C2(C(F)F)CC2)c(Cl)cn1. The first-order valence-corrected chi connectivity index (χ1v) is 11.2. The summed E-state index contributed by atoms with van der Waals surface area (Å²) in [7, 11) is 1.84. The van der Waals surface area contributed by atoms with Crippen LogP contribution in [0.25, 0.3) is 22.6 Å². The summed E-state index contributed by atoms with van der Waals surface area (Å²) in [4.78, 5) is 4.38. The third-order valence-electron chi connectivity index (χ3n) is 6.55. The largest absolute Gasteiger partial charge is 0.344 e. The van der Waals surface area contributed by atoms with Crippen LogP contribution in [0.3, 0.4) is 0 Å². The predicted molar refractivity (Wildman–Crippen MR) is 120 cm³/mol. The Morgan fingerprint density at radius 1 is 1.18 bits per heavy atom. The molecule has 0 atom stereocenters. The molecule has 1 aliphatic carbocycles. The van der Waals surface area contributed by atoms with Gasteiger partial charge in [0.15, 0.2) is 5.82 Å². The molecule has 170 valence electrons. The molecule has 5 heterocycles. The van der Waals surface area contributed by atoms with E-state index in [0.717, 1.165) is 35.6 Å². The van der Waals surface area contributed by atoms with Gasteiger partial charge in [-0.15, -0.1) is 10.2 Å². The van der Waals surface area contributed by atoms with Crippen LogP contribution < -0.4 is 5.32 Å². The summed E-state index contributed by atoms with van der Waals surface area (Å²) in [6.45, 7) is 1.38. The van der Waals surface area contributed by atoms with E-state index in [2.05, 4.69) is 30.2 Å². The zero-order valence-corrected chi connectivity index (χ0v) is 18.6. The summed E-state index contributed by atoms with van der Waals surface area (Å²) in [5.74, 6) is 2.47. The van der Waals surface area contributed by atoms with Gasteiger partial charge >= 0.3 is 0 Å². The van der Waals surface area contributed by atoms with Crippen molar-refractivity contribution in [2.45, 2.75) is 44.2 Å². The van der Waals surface area contributed by atoms with Crippen molar-refractivity contribution in [3.8, 4) is 22.6 Å². The van der Waals surface area contributed by atoms with E-state index in [-0.39, 0.29) is 0 Å². The monoisotopic (exact) mass is 470 g/mol. The number of aromatic nitrogens is 7. The Kier molecular flexibility index (Phi) is 4.55. The molecule has 33 heavy (non-hydrogen) atoms. The second kappa shape index (κ2) is 7.38. The maximum Gasteiger partial charge on any atom is 0.251 e. The molecule has 0 spiro atoms. The highest BCUT2D eigenvalue weighted by Crippen LogP contribution is 2.52. The van der Waals surface area contributed by atoms with Crippen LogP contribution in [0.2, 0.25) is 5.02 Å². The summed E-state index contributed by atoms with van der Waals surface area (Å²) in [6.07, 6.45) is 4.61. The Bertz CT molecular complexity index is 1350. The lowest BCUT2D eigenvalue weighted by Crippen LogP contribution is -2.23. The summed E-state index contributed by atoms with van der Waals surface area (Å²) >= 11 is 6.51. The molecule has 8 nitrogen and oxygen atoms in total. The molecule has 4 aromatic heterocycles. The maximum absolute atomic E-state index is 13.8. The highest BCUT2D eigenvalue weighted by atomic mass is 35.5. The molecule has 0 saturated heterocycles. The standard InChI is InChI=1S/C22H21ClF2N8/c1-31-18(3-6-27-31)28-17-10-14(15(23)11-26-17)13-9-16-19-29-30-21(22(4-5-22)20(24)25)33(19)8-2-7-32(16)12-13/h3,6,9-12,20H,2,4-5,7-8H2,1H3,(H,26,28). The Morgan fingerprint density at radius 3 is 2.76 bits per heavy atom. The quantitative estimate of drug-likeness (QED) is 0.459. The number of alkyl halides is 2. The average Bonchev–Trinajstić information content (AvgIpc) is 3.17. The molecule has 0 amide bonds. The zero-order valence-electron chi connectivity index (χ0n) is 17.8. The Hall–Kier alpha value is -3.27. The summed E-state index contributed by atoms with van der Waals surface area (Å²) < 4.78 is 33.2. The van der Waals surface area contributed by atoms with Crippen LogP contribution in [0.4, 0.5) is 20.4 Å². The van der Waals surface area contributed by atoms with E-state index in [1.807, 2.05) is 36.0 Å². The lowest BCUT2D eigenvalue weighted by Gasteiger charge is -2.15. The molecule has 1 saturated carbocycles. The highest BCUT2D eigenvalue weighted by molar-refractivity contribution is 6.33. The van der Waals surface area contributed by atoms with Crippen LogP contribution in [-0.4, -0.2) is 40.5 Å². The van der Waals surface area contributed by atoms with Gasteiger partial charge in [0.05, 0.1) is 22.3 Å². The molecule has 0 radical (unpaired) electrons. The van der Waals surface area contributed by atoms with E-state index < -0.39 is 11.8 Å². The van der Waals surface area contributed by atoms with Crippen LogP contribution >= 0.6 is 11.6 Å². The van der Waals surface area contributed by atoms with E-state index in [1.54, 1.807) is 17.1 Å². The molecule has 11 heteroatoms. The van der Waals surface area contributed by atoms with Crippen molar-refractivity contribution in [2.75, 3.05) is 5.32 Å². The Morgan fingerprint density at radius 2 is 2.03 bits per heavy atom. The van der Waals surface area contributed by atoms with Gasteiger partial charge in [-0.25, -0.2) is 13.8 Å². The first-order chi connectivity index (χ1) is 16.0. The molecule has 0 bridgehead atoms. The van der Waals surface area contributed by atoms with Gasteiger partial charge in [0.2, 0.25) is 0 Å². The van der Waals surface area contributed by atoms with Gasteiger partial charge in [-0.3, -0.25) is 4.68 Å². The molecule has 6 rings (SSSR count). The van der Waals surface area contributed by atoms with Crippen LogP contribution in [0, 0.1) is 0 Å². The Labute approximate surface area is 193 Å². The number of aryl methyl sites for hydroxylation is 2. The van der Waals surface area contributed by atoms with Gasteiger partial charge in [-0.05, 0) is 31.4 Å². The number of pyridine rings is 1. The van der Waals surface area contributed by atoms with E-state index in [0.29, 0.717) is 41.9 Å². The van der Waals surface area contributed by atoms with Gasteiger partial charge < -0.3 is 14.5 Å². The summed E-state index contributed by atoms with van der Waals surface area (Å²) in [6, 6.07) is 5.73. The molecule has 4 aromatic rings. The fraction of sp³-hybridized carbons (Fsp3) is 0.364. The van der Waals surface area contributed by atoms with Crippen LogP contribution in [0.5, 0.6) is 0 Å². The predicted octanol–water partition coefficient (Wildman–Crippen LogP) is 4.64. The molecule has 0 aromatic carbocycles. The fourth-order valence-corrected chi connectivity index (χ4v) is 4.74. The number of rotatable bonds is 5. The molecule has 2 aliphatic rings. The minimum atomic E-state index is -2.43. The molecule has 1 aliphatic heterocycles. The third kappa shape index (κ3) is 3.23. The van der Waals surface area contributed by atoms with Crippen LogP contribution in [0.1, 0.15) is 25.1 Å². The van der Waals surface area contributed by atoms with Crippen LogP contribution in [-0.2, 0) is 25.6 Å². The normalized spacial score (nSPS) is 16.4. The minimum absolute atomic E-state index is 0.410. The van der Waals surface area contributed by atoms with Gasteiger partial charge in [0.1, 0.15) is 17.5 Å². The molecule has 1 N–H and O–H groups in total. The number of halogens is 3. The van der Waals surface area contributed by atoms with Crippen molar-refractivity contribution in [3.63, 3.8) is 0 Å². The second-order valence-corrected chi connectivity index (χ2v) is 9.04. The second-order valence-electron chi connectivity index (χ2n) is 8.63. The maximum atomic E-state index is 13.8. The minimum Gasteiger partial charge on any atom is -0.344 e. The van der Waals surface area contributed by atoms with E-state index >= 15 is 0 Å². The number of hydrogen-bond donors (Lipinski definition) is 1. The third-order valence-corrected chi connectivity index (χ3v) is 6.85. The van der Waals surface area contributed by atoms with E-state index in [1.165, 1.54) is 0 Å². The van der Waals surface area contributed by atoms with Gasteiger partial charge in [0.25, 0.3) is 6.43 Å². The van der Waals surface area contributed by atoms with Crippen molar-refractivity contribution in [1.29, 1.82) is 0 Å². The van der Waals surface area contributed by atoms with Gasteiger partial charge in [-0.2, -0.15) is 5.10 Å². The zero-order chi connectivity index (χ0) is 22.7. The number of hydrogen-bond acceptors (Lipinski definition) is 5. The number of fused-ring (bicyclic) bond motifs is 3. The van der Waals surface area contributed by atoms with Crippen molar-refractivity contribution in [2.24, 2.45) is 7.05 Å². The van der Waals surface area contributed by atoms with Crippen molar-refractivity contribution >= 4 is 23.2 Å². The highest BCUT2D eigenvalue weighted by Gasteiger charge is 2.56. The number of nitrogens with one attached hydrogen (secondary N) is 1. The van der Waals surface area contributed by atoms with Gasteiger partial charge in [-0.1, -0.05) is 11.6 Å². The van der Waals surface area contributed by atoms with E-state index in [4.69, 9.17) is 11.6 Å². The lowest BCUT2D eigenvalue weighted by atomic mass is 10.1. The average molecular weight is 471 g/mol. The first-order valence-electron chi connectivity index (χ1n) is 10.8. The summed E-state index contributed by atoms with van der Waals surface area (Å²) in [5, 5.41) is 16.5. The fourth-order valence-electron chi connectivity index (χ4n) is 4.53. The number of nitrogens with zero attached hydrogens (tertiary/aromatic N) is 7. The van der Waals surface area contributed by atoms with E-state index in [9.17, 15) is 8.78 Å². The van der Waals surface area contributed by atoms with Gasteiger partial charge in [0, 0.05) is 49.7 Å². The van der Waals surface area contributed by atoms with Crippen molar-refractivity contribution in [3.05, 3.63) is 47.6 Å². The number of anilines is 2. The van der Waals surface area contributed by atoms with Crippen molar-refractivity contribution in [1.82, 2.24) is 34.1 Å². The molecular weight excluding hydrogens is 450 g/mol. The first kappa shape index (κ1) is 20.3. The smallest absolute Gasteiger partial charge is 0.251 e.